The highest BCUT2D eigenvalue weighted by atomic mass is 32.2. The van der Waals surface area contributed by atoms with Gasteiger partial charge in [-0.05, 0) is 43.6 Å². The Hall–Kier alpha value is -3.07. The van der Waals surface area contributed by atoms with Gasteiger partial charge in [-0.3, -0.25) is 24.2 Å². The van der Waals surface area contributed by atoms with E-state index in [2.05, 4.69) is 20.9 Å². The molecule has 0 aromatic rings. The summed E-state index contributed by atoms with van der Waals surface area (Å²) in [5.41, 5.74) is 21.6. The first-order valence-corrected chi connectivity index (χ1v) is 12.9. The normalized spacial score (nSPS) is 14.1. The minimum absolute atomic E-state index is 0.0507. The van der Waals surface area contributed by atoms with E-state index in [9.17, 15) is 29.1 Å². The molecule has 4 amide bonds. The Morgan fingerprint density at radius 3 is 1.94 bits per heavy atom. The molecule has 4 atom stereocenters. The van der Waals surface area contributed by atoms with Crippen molar-refractivity contribution in [3.63, 3.8) is 0 Å². The molecule has 0 spiro atoms. The Morgan fingerprint density at radius 2 is 1.44 bits per heavy atom. The molecule has 12 N–H and O–H groups in total. The van der Waals surface area contributed by atoms with Crippen LogP contribution in [0, 0.1) is 5.92 Å². The molecule has 0 rings (SSSR count). The van der Waals surface area contributed by atoms with Crippen LogP contribution in [0.1, 0.15) is 46.0 Å². The van der Waals surface area contributed by atoms with E-state index >= 15 is 0 Å². The van der Waals surface area contributed by atoms with Crippen molar-refractivity contribution in [3.05, 3.63) is 0 Å². The van der Waals surface area contributed by atoms with Gasteiger partial charge < -0.3 is 44.0 Å². The number of thioether (sulfide) groups is 1. The second-order valence-electron chi connectivity index (χ2n) is 8.66. The van der Waals surface area contributed by atoms with Gasteiger partial charge in [0.25, 0.3) is 0 Å². The van der Waals surface area contributed by atoms with E-state index in [0.29, 0.717) is 18.6 Å². The summed E-state index contributed by atoms with van der Waals surface area (Å²) in [4.78, 5) is 65.1. The number of carbonyl (C=O) groups is 5. The fourth-order valence-electron chi connectivity index (χ4n) is 3.11. The summed E-state index contributed by atoms with van der Waals surface area (Å²) in [6.07, 6.45) is 2.16. The largest absolute Gasteiger partial charge is 0.480 e. The molecule has 0 heterocycles. The number of amides is 4. The third kappa shape index (κ3) is 14.4. The summed E-state index contributed by atoms with van der Waals surface area (Å²) in [5.74, 6) is -3.84. The van der Waals surface area contributed by atoms with Gasteiger partial charge in [0.05, 0.1) is 12.5 Å². The first kappa shape index (κ1) is 32.9. The molecule has 4 unspecified atom stereocenters. The summed E-state index contributed by atoms with van der Waals surface area (Å²) in [6, 6.07) is -4.62. The fraction of sp³-hybridized carbons (Fsp3) is 0.714. The van der Waals surface area contributed by atoms with Gasteiger partial charge in [-0.15, -0.1) is 0 Å². The first-order chi connectivity index (χ1) is 16.8. The lowest BCUT2D eigenvalue weighted by atomic mass is 10.0. The van der Waals surface area contributed by atoms with Crippen molar-refractivity contribution in [1.29, 1.82) is 0 Å². The molecule has 15 heteroatoms. The van der Waals surface area contributed by atoms with Crippen LogP contribution in [0.5, 0.6) is 0 Å². The molecule has 0 radical (unpaired) electrons. The highest BCUT2D eigenvalue weighted by molar-refractivity contribution is 7.98. The molecule has 0 bridgehead atoms. The van der Waals surface area contributed by atoms with Crippen LogP contribution in [-0.2, 0) is 24.0 Å². The van der Waals surface area contributed by atoms with Crippen LogP contribution in [0.3, 0.4) is 0 Å². The van der Waals surface area contributed by atoms with Crippen LogP contribution < -0.4 is 38.9 Å². The highest BCUT2D eigenvalue weighted by Crippen LogP contribution is 2.07. The SMILES string of the molecule is CSCCC(NC(=O)C(CC(N)=O)NC(=O)C(N)CC(C)C)C(=O)NC(CCCN=C(N)N)C(=O)O. The van der Waals surface area contributed by atoms with Crippen molar-refractivity contribution in [1.82, 2.24) is 16.0 Å². The molecule has 0 saturated carbocycles. The maximum atomic E-state index is 12.9. The van der Waals surface area contributed by atoms with E-state index in [4.69, 9.17) is 22.9 Å². The number of aliphatic carboxylic acids is 1. The molecule has 0 aromatic heterocycles. The van der Waals surface area contributed by atoms with Crippen molar-refractivity contribution >= 4 is 47.3 Å². The summed E-state index contributed by atoms with van der Waals surface area (Å²) in [7, 11) is 0. The predicted molar refractivity (Wildman–Crippen MR) is 138 cm³/mol. The summed E-state index contributed by atoms with van der Waals surface area (Å²) < 4.78 is 0. The number of nitrogens with zero attached hydrogens (tertiary/aromatic N) is 1. The maximum absolute atomic E-state index is 12.9. The number of nitrogens with one attached hydrogen (secondary N) is 3. The predicted octanol–water partition coefficient (Wildman–Crippen LogP) is -2.42. The number of carboxylic acids is 1. The third-order valence-corrected chi connectivity index (χ3v) is 5.55. The average Bonchev–Trinajstić information content (AvgIpc) is 2.76. The summed E-state index contributed by atoms with van der Waals surface area (Å²) in [6.45, 7) is 3.93. The molecule has 206 valence electrons. The van der Waals surface area contributed by atoms with E-state index in [1.807, 2.05) is 13.8 Å². The summed E-state index contributed by atoms with van der Waals surface area (Å²) >= 11 is 1.41. The van der Waals surface area contributed by atoms with E-state index in [1.165, 1.54) is 11.8 Å². The third-order valence-electron chi connectivity index (χ3n) is 4.90. The van der Waals surface area contributed by atoms with Crippen molar-refractivity contribution in [3.8, 4) is 0 Å². The van der Waals surface area contributed by atoms with Crippen LogP contribution in [0.25, 0.3) is 0 Å². The van der Waals surface area contributed by atoms with Gasteiger partial charge in [0.15, 0.2) is 5.96 Å². The lowest BCUT2D eigenvalue weighted by molar-refractivity contribution is -0.142. The molecule has 0 aliphatic carbocycles. The van der Waals surface area contributed by atoms with Gasteiger partial charge >= 0.3 is 5.97 Å². The van der Waals surface area contributed by atoms with Gasteiger partial charge in [0.2, 0.25) is 23.6 Å². The van der Waals surface area contributed by atoms with E-state index < -0.39 is 60.2 Å². The number of primary amides is 1. The maximum Gasteiger partial charge on any atom is 0.326 e. The topological polar surface area (TPSA) is 258 Å². The average molecular weight is 533 g/mol. The van der Waals surface area contributed by atoms with Crippen molar-refractivity contribution in [2.75, 3.05) is 18.6 Å². The molecule has 36 heavy (non-hydrogen) atoms. The minimum atomic E-state index is -1.35. The van der Waals surface area contributed by atoms with Crippen LogP contribution >= 0.6 is 11.8 Å². The Balaban J connectivity index is 5.44. The zero-order valence-corrected chi connectivity index (χ0v) is 21.8. The second-order valence-corrected chi connectivity index (χ2v) is 9.64. The standard InChI is InChI=1S/C21H40N8O6S/c1-11(2)9-12(22)17(31)29-15(10-16(23)30)19(33)27-13(6-8-36-3)18(32)28-14(20(34)35)5-4-7-26-21(24)25/h11-15H,4-10,22H2,1-3H3,(H2,23,30)(H,27,33)(H,28,32)(H,29,31)(H,34,35)(H4,24,25,26). The van der Waals surface area contributed by atoms with E-state index in [1.54, 1.807) is 6.26 Å². The van der Waals surface area contributed by atoms with Crippen LogP contribution in [0.2, 0.25) is 0 Å². The lowest BCUT2D eigenvalue weighted by Crippen LogP contribution is -2.57. The smallest absolute Gasteiger partial charge is 0.326 e. The second kappa shape index (κ2) is 17.4. The highest BCUT2D eigenvalue weighted by Gasteiger charge is 2.31. The fourth-order valence-corrected chi connectivity index (χ4v) is 3.59. The van der Waals surface area contributed by atoms with Crippen molar-refractivity contribution in [2.45, 2.75) is 70.1 Å². The van der Waals surface area contributed by atoms with Crippen LogP contribution in [-0.4, -0.2) is 83.4 Å². The summed E-state index contributed by atoms with van der Waals surface area (Å²) in [5, 5.41) is 16.8. The monoisotopic (exact) mass is 532 g/mol. The Kier molecular flexibility index (Phi) is 15.9. The molecule has 14 nitrogen and oxygen atoms in total. The number of hydrogen-bond acceptors (Lipinski definition) is 8. The van der Waals surface area contributed by atoms with Gasteiger partial charge in [0.1, 0.15) is 18.1 Å². The van der Waals surface area contributed by atoms with Crippen molar-refractivity contribution in [2.24, 2.45) is 33.8 Å². The quantitative estimate of drug-likeness (QED) is 0.0526. The van der Waals surface area contributed by atoms with Gasteiger partial charge in [-0.2, -0.15) is 11.8 Å². The van der Waals surface area contributed by atoms with Gasteiger partial charge in [-0.25, -0.2) is 4.79 Å². The number of hydrogen-bond donors (Lipinski definition) is 8. The molecular formula is C21H40N8O6S. The molecule has 0 saturated heterocycles. The first-order valence-electron chi connectivity index (χ1n) is 11.5. The van der Waals surface area contributed by atoms with E-state index in [0.717, 1.165) is 0 Å². The Bertz CT molecular complexity index is 790. The number of carbonyl (C=O) groups excluding carboxylic acids is 4. The van der Waals surface area contributed by atoms with Crippen LogP contribution in [0.15, 0.2) is 4.99 Å². The van der Waals surface area contributed by atoms with E-state index in [-0.39, 0.29) is 31.3 Å². The van der Waals surface area contributed by atoms with Gasteiger partial charge in [0, 0.05) is 6.54 Å². The number of guanidine groups is 1. The number of rotatable bonds is 18. The molecule has 0 aliphatic rings. The molecule has 0 aliphatic heterocycles. The number of aliphatic imine (C=N–C) groups is 1. The van der Waals surface area contributed by atoms with Crippen LogP contribution in [0.4, 0.5) is 0 Å². The van der Waals surface area contributed by atoms with Gasteiger partial charge in [-0.1, -0.05) is 13.8 Å². The molecule has 0 fully saturated rings. The Morgan fingerprint density at radius 1 is 0.889 bits per heavy atom. The zero-order chi connectivity index (χ0) is 27.8. The Labute approximate surface area is 215 Å². The number of nitrogens with two attached hydrogens (primary N) is 4. The molecule has 0 aromatic carbocycles. The number of carboxylic acid groups (broad SMARTS) is 1. The lowest BCUT2D eigenvalue weighted by Gasteiger charge is -2.25. The minimum Gasteiger partial charge on any atom is -0.480 e. The van der Waals surface area contributed by atoms with Crippen molar-refractivity contribution < 1.29 is 29.1 Å². The zero-order valence-electron chi connectivity index (χ0n) is 21.0. The molecular weight excluding hydrogens is 492 g/mol.